The molecule has 16 heavy (non-hydrogen) atoms. The van der Waals surface area contributed by atoms with Crippen molar-refractivity contribution < 1.29 is 4.79 Å². The molecule has 1 aliphatic rings. The number of nitrogens with two attached hydrogens (primary N) is 1. The Balaban J connectivity index is 0.00000225. The van der Waals surface area contributed by atoms with Crippen molar-refractivity contribution in [1.82, 2.24) is 4.90 Å². The third kappa shape index (κ3) is 4.71. The van der Waals surface area contributed by atoms with Crippen molar-refractivity contribution in [3.05, 3.63) is 0 Å². The van der Waals surface area contributed by atoms with Crippen LogP contribution in [0.1, 0.15) is 52.4 Å². The summed E-state index contributed by atoms with van der Waals surface area (Å²) in [7, 11) is 0. The molecule has 0 aliphatic carbocycles. The van der Waals surface area contributed by atoms with Crippen molar-refractivity contribution in [3.8, 4) is 0 Å². The summed E-state index contributed by atoms with van der Waals surface area (Å²) in [6, 6.07) is 0.469. The molecule has 3 nitrogen and oxygen atoms in total. The fraction of sp³-hybridized carbons (Fsp3) is 0.917. The van der Waals surface area contributed by atoms with Crippen molar-refractivity contribution >= 4 is 18.3 Å². The Morgan fingerprint density at radius 1 is 1.50 bits per heavy atom. The normalized spacial score (nSPS) is 22.4. The van der Waals surface area contributed by atoms with Gasteiger partial charge in [0, 0.05) is 25.0 Å². The van der Waals surface area contributed by atoms with Gasteiger partial charge < -0.3 is 10.6 Å². The molecule has 0 aromatic heterocycles. The second-order valence-electron chi connectivity index (χ2n) is 4.71. The van der Waals surface area contributed by atoms with Gasteiger partial charge in [0.25, 0.3) is 0 Å². The number of piperidine rings is 1. The van der Waals surface area contributed by atoms with Crippen LogP contribution in [0, 0.1) is 0 Å². The molecule has 1 fully saturated rings. The van der Waals surface area contributed by atoms with Crippen LogP contribution in [0.4, 0.5) is 0 Å². The molecule has 0 saturated carbocycles. The summed E-state index contributed by atoms with van der Waals surface area (Å²) in [6.07, 6.45) is 6.41. The number of carbonyl (C=O) groups is 1. The van der Waals surface area contributed by atoms with Crippen LogP contribution in [-0.2, 0) is 4.79 Å². The van der Waals surface area contributed by atoms with E-state index in [0.29, 0.717) is 12.5 Å². The molecule has 1 rings (SSSR count). The van der Waals surface area contributed by atoms with Gasteiger partial charge in [0.05, 0.1) is 0 Å². The second kappa shape index (κ2) is 7.91. The zero-order valence-electron chi connectivity index (χ0n) is 10.4. The molecule has 1 aliphatic heterocycles. The minimum atomic E-state index is -0.0123. The van der Waals surface area contributed by atoms with Gasteiger partial charge in [-0.05, 0) is 32.6 Å². The Bertz CT molecular complexity index is 207. The Hall–Kier alpha value is -0.280. The van der Waals surface area contributed by atoms with Crippen LogP contribution >= 0.6 is 12.4 Å². The molecule has 4 heteroatoms. The minimum Gasteiger partial charge on any atom is -0.340 e. The number of halogens is 1. The van der Waals surface area contributed by atoms with E-state index in [4.69, 9.17) is 5.73 Å². The van der Waals surface area contributed by atoms with Crippen LogP contribution < -0.4 is 5.73 Å². The van der Waals surface area contributed by atoms with Gasteiger partial charge in [-0.3, -0.25) is 4.79 Å². The fourth-order valence-corrected chi connectivity index (χ4v) is 2.35. The number of hydrogen-bond donors (Lipinski definition) is 1. The molecule has 2 atom stereocenters. The summed E-state index contributed by atoms with van der Waals surface area (Å²) in [5, 5.41) is 0. The first-order valence-electron chi connectivity index (χ1n) is 6.20. The molecule has 0 bridgehead atoms. The lowest BCUT2D eigenvalue weighted by Crippen LogP contribution is -2.45. The predicted molar refractivity (Wildman–Crippen MR) is 69.8 cm³/mol. The quantitative estimate of drug-likeness (QED) is 0.830. The van der Waals surface area contributed by atoms with Crippen molar-refractivity contribution in [3.63, 3.8) is 0 Å². The standard InChI is InChI=1S/C12H24N2O.ClH/c1-3-6-11-7-4-5-8-14(11)12(15)9-10(2)13;/h10-11H,3-9,13H2,1-2H3;1H. The second-order valence-corrected chi connectivity index (χ2v) is 4.71. The molecule has 2 N–H and O–H groups in total. The SMILES string of the molecule is CCCC1CCCCN1C(=O)CC(C)N.Cl. The van der Waals surface area contributed by atoms with Gasteiger partial charge in [-0.1, -0.05) is 13.3 Å². The summed E-state index contributed by atoms with van der Waals surface area (Å²) < 4.78 is 0. The van der Waals surface area contributed by atoms with E-state index in [0.717, 1.165) is 25.8 Å². The highest BCUT2D eigenvalue weighted by Crippen LogP contribution is 2.21. The van der Waals surface area contributed by atoms with Crippen LogP contribution in [0.3, 0.4) is 0 Å². The average Bonchev–Trinajstić information content (AvgIpc) is 2.18. The lowest BCUT2D eigenvalue weighted by molar-refractivity contribution is -0.135. The van der Waals surface area contributed by atoms with Crippen LogP contribution in [0.5, 0.6) is 0 Å². The van der Waals surface area contributed by atoms with Gasteiger partial charge in [0.1, 0.15) is 0 Å². The maximum Gasteiger partial charge on any atom is 0.224 e. The monoisotopic (exact) mass is 248 g/mol. The Labute approximate surface area is 105 Å². The molecule has 0 radical (unpaired) electrons. The topological polar surface area (TPSA) is 46.3 Å². The van der Waals surface area contributed by atoms with E-state index in [9.17, 15) is 4.79 Å². The first-order chi connectivity index (χ1) is 7.15. The van der Waals surface area contributed by atoms with E-state index >= 15 is 0 Å². The highest BCUT2D eigenvalue weighted by Gasteiger charge is 2.25. The van der Waals surface area contributed by atoms with E-state index in [2.05, 4.69) is 11.8 Å². The Morgan fingerprint density at radius 2 is 2.19 bits per heavy atom. The number of hydrogen-bond acceptors (Lipinski definition) is 2. The van der Waals surface area contributed by atoms with Crippen LogP contribution in [-0.4, -0.2) is 29.4 Å². The maximum atomic E-state index is 11.9. The van der Waals surface area contributed by atoms with E-state index in [-0.39, 0.29) is 24.4 Å². The number of nitrogens with zero attached hydrogens (tertiary/aromatic N) is 1. The zero-order chi connectivity index (χ0) is 11.3. The predicted octanol–water partition coefficient (Wildman–Crippen LogP) is 2.33. The van der Waals surface area contributed by atoms with E-state index in [1.54, 1.807) is 0 Å². The van der Waals surface area contributed by atoms with Crippen LogP contribution in [0.2, 0.25) is 0 Å². The number of rotatable bonds is 4. The number of carbonyl (C=O) groups excluding carboxylic acids is 1. The third-order valence-corrected chi connectivity index (χ3v) is 3.07. The van der Waals surface area contributed by atoms with Crippen molar-refractivity contribution in [2.75, 3.05) is 6.54 Å². The van der Waals surface area contributed by atoms with E-state index in [1.807, 2.05) is 6.92 Å². The van der Waals surface area contributed by atoms with Gasteiger partial charge in [0.15, 0.2) is 0 Å². The minimum absolute atomic E-state index is 0. The van der Waals surface area contributed by atoms with E-state index < -0.39 is 0 Å². The van der Waals surface area contributed by atoms with Gasteiger partial charge in [-0.25, -0.2) is 0 Å². The third-order valence-electron chi connectivity index (χ3n) is 3.07. The molecule has 0 aromatic rings. The van der Waals surface area contributed by atoms with Gasteiger partial charge >= 0.3 is 0 Å². The summed E-state index contributed by atoms with van der Waals surface area (Å²) in [6.45, 7) is 5.02. The average molecular weight is 249 g/mol. The van der Waals surface area contributed by atoms with Gasteiger partial charge in [0.2, 0.25) is 5.91 Å². The number of likely N-dealkylation sites (tertiary alicyclic amines) is 1. The lowest BCUT2D eigenvalue weighted by atomic mass is 9.97. The van der Waals surface area contributed by atoms with Crippen LogP contribution in [0.15, 0.2) is 0 Å². The van der Waals surface area contributed by atoms with Crippen molar-refractivity contribution in [2.45, 2.75) is 64.5 Å². The molecule has 1 saturated heterocycles. The molecule has 1 amide bonds. The largest absolute Gasteiger partial charge is 0.340 e. The van der Waals surface area contributed by atoms with Crippen molar-refractivity contribution in [2.24, 2.45) is 5.73 Å². The highest BCUT2D eigenvalue weighted by atomic mass is 35.5. The first kappa shape index (κ1) is 15.7. The molecule has 0 aromatic carbocycles. The summed E-state index contributed by atoms with van der Waals surface area (Å²) in [5.41, 5.74) is 5.67. The summed E-state index contributed by atoms with van der Waals surface area (Å²) in [4.78, 5) is 14.0. The molecular weight excluding hydrogens is 224 g/mol. The maximum absolute atomic E-state index is 11.9. The molecule has 1 heterocycles. The highest BCUT2D eigenvalue weighted by molar-refractivity contribution is 5.85. The fourth-order valence-electron chi connectivity index (χ4n) is 2.35. The molecule has 2 unspecified atom stereocenters. The molecule has 0 spiro atoms. The Kier molecular flexibility index (Phi) is 7.77. The first-order valence-corrected chi connectivity index (χ1v) is 6.20. The number of amides is 1. The van der Waals surface area contributed by atoms with Crippen LogP contribution in [0.25, 0.3) is 0 Å². The molecular formula is C12H25ClN2O. The Morgan fingerprint density at radius 3 is 2.75 bits per heavy atom. The summed E-state index contributed by atoms with van der Waals surface area (Å²) >= 11 is 0. The van der Waals surface area contributed by atoms with Crippen molar-refractivity contribution in [1.29, 1.82) is 0 Å². The lowest BCUT2D eigenvalue weighted by Gasteiger charge is -2.36. The zero-order valence-corrected chi connectivity index (χ0v) is 11.3. The molecule has 96 valence electrons. The smallest absolute Gasteiger partial charge is 0.224 e. The summed E-state index contributed by atoms with van der Waals surface area (Å²) in [5.74, 6) is 0.253. The van der Waals surface area contributed by atoms with Gasteiger partial charge in [-0.2, -0.15) is 0 Å². The van der Waals surface area contributed by atoms with E-state index in [1.165, 1.54) is 12.8 Å². The van der Waals surface area contributed by atoms with Gasteiger partial charge in [-0.15, -0.1) is 12.4 Å².